The highest BCUT2D eigenvalue weighted by Crippen LogP contribution is 2.68. The fourth-order valence-electron chi connectivity index (χ4n) is 11.2. The highest BCUT2D eigenvalue weighted by Gasteiger charge is 2.56. The van der Waals surface area contributed by atoms with Crippen LogP contribution in [0.25, 0.3) is 28.0 Å². The largest absolute Gasteiger partial charge is 0.497 e. The Morgan fingerprint density at radius 2 is 1.25 bits per heavy atom. The summed E-state index contributed by atoms with van der Waals surface area (Å²) in [5, 5.41) is 2.27. The molecule has 2 aliphatic heterocycles. The Morgan fingerprint density at radius 1 is 0.642 bits per heavy atom. The molecule has 5 heteroatoms. The minimum absolute atomic E-state index is 0.125. The first kappa shape index (κ1) is 33.9. The van der Waals surface area contributed by atoms with E-state index in [1.54, 1.807) is 21.3 Å². The second kappa shape index (κ2) is 11.3. The Labute approximate surface area is 313 Å². The first-order valence-corrected chi connectivity index (χ1v) is 18.9. The summed E-state index contributed by atoms with van der Waals surface area (Å²) >= 11 is 0. The molecule has 0 saturated heterocycles. The molecule has 4 aliphatic rings. The lowest BCUT2D eigenvalue weighted by Crippen LogP contribution is -2.44. The van der Waals surface area contributed by atoms with Crippen molar-refractivity contribution in [2.45, 2.75) is 83.8 Å². The third-order valence-corrected chi connectivity index (χ3v) is 12.3. The van der Waals surface area contributed by atoms with Gasteiger partial charge in [-0.3, -0.25) is 0 Å². The van der Waals surface area contributed by atoms with E-state index >= 15 is 0 Å². The summed E-state index contributed by atoms with van der Waals surface area (Å²) in [4.78, 5) is 0. The molecule has 0 bridgehead atoms. The quantitative estimate of drug-likeness (QED) is 0.182. The van der Waals surface area contributed by atoms with Gasteiger partial charge in [0.15, 0.2) is 17.1 Å². The van der Waals surface area contributed by atoms with E-state index in [2.05, 4.69) is 108 Å². The van der Waals surface area contributed by atoms with E-state index in [1.165, 1.54) is 39.6 Å². The van der Waals surface area contributed by atoms with Gasteiger partial charge in [-0.05, 0) is 103 Å². The van der Waals surface area contributed by atoms with Crippen molar-refractivity contribution in [1.82, 2.24) is 0 Å². The van der Waals surface area contributed by atoms with E-state index in [1.807, 2.05) is 24.3 Å². The molecular formula is C48H50O5. The van der Waals surface area contributed by atoms with E-state index < -0.39 is 5.60 Å². The molecule has 53 heavy (non-hydrogen) atoms. The van der Waals surface area contributed by atoms with E-state index in [4.69, 9.17) is 23.7 Å². The Morgan fingerprint density at radius 3 is 1.83 bits per heavy atom. The molecule has 0 aromatic heterocycles. The van der Waals surface area contributed by atoms with Crippen LogP contribution in [-0.2, 0) is 17.4 Å². The topological polar surface area (TPSA) is 46.2 Å². The number of hydrogen-bond donors (Lipinski definition) is 0. The molecule has 0 amide bonds. The second-order valence-corrected chi connectivity index (χ2v) is 18.0. The fraction of sp³-hybridized carbons (Fsp3) is 0.375. The molecule has 5 nitrogen and oxygen atoms in total. The van der Waals surface area contributed by atoms with Crippen molar-refractivity contribution in [3.05, 3.63) is 118 Å². The average molecular weight is 707 g/mol. The van der Waals surface area contributed by atoms with Gasteiger partial charge in [0.1, 0.15) is 22.8 Å². The summed E-state index contributed by atoms with van der Waals surface area (Å²) in [5.41, 5.74) is 8.60. The Balaban J connectivity index is 1.42. The van der Waals surface area contributed by atoms with Gasteiger partial charge in [-0.15, -0.1) is 0 Å². The molecule has 1 fully saturated rings. The van der Waals surface area contributed by atoms with Crippen LogP contribution in [0.1, 0.15) is 94.2 Å². The highest BCUT2D eigenvalue weighted by atomic mass is 16.5. The number of hydrogen-bond acceptors (Lipinski definition) is 5. The van der Waals surface area contributed by atoms with E-state index in [9.17, 15) is 0 Å². The number of ether oxygens (including phenoxy) is 5. The van der Waals surface area contributed by atoms with Gasteiger partial charge >= 0.3 is 0 Å². The maximum atomic E-state index is 7.76. The average Bonchev–Trinajstić information content (AvgIpc) is 3.60. The third-order valence-electron chi connectivity index (χ3n) is 12.3. The zero-order valence-corrected chi connectivity index (χ0v) is 32.5. The smallest absolute Gasteiger partial charge is 0.178 e. The predicted octanol–water partition coefficient (Wildman–Crippen LogP) is 11.4. The Bertz CT molecular complexity index is 2260. The molecule has 5 aromatic carbocycles. The molecule has 2 heterocycles. The van der Waals surface area contributed by atoms with Crippen molar-refractivity contribution < 1.29 is 23.7 Å². The number of rotatable bonds is 5. The van der Waals surface area contributed by atoms with Crippen LogP contribution in [0.2, 0.25) is 0 Å². The summed E-state index contributed by atoms with van der Waals surface area (Å²) < 4.78 is 31.9. The third kappa shape index (κ3) is 4.95. The van der Waals surface area contributed by atoms with Crippen molar-refractivity contribution in [3.8, 4) is 39.9 Å². The Hall–Kier alpha value is -4.90. The number of fused-ring (bicyclic) bond motifs is 12. The van der Waals surface area contributed by atoms with Crippen LogP contribution in [0.5, 0.6) is 28.7 Å². The molecule has 0 unspecified atom stereocenters. The maximum Gasteiger partial charge on any atom is 0.178 e. The van der Waals surface area contributed by atoms with Gasteiger partial charge < -0.3 is 23.7 Å². The zero-order chi connectivity index (χ0) is 37.1. The van der Waals surface area contributed by atoms with Crippen molar-refractivity contribution >= 4 is 16.8 Å². The van der Waals surface area contributed by atoms with Gasteiger partial charge in [0.25, 0.3) is 0 Å². The predicted molar refractivity (Wildman–Crippen MR) is 213 cm³/mol. The summed E-state index contributed by atoms with van der Waals surface area (Å²) in [5.74, 6) is 4.06. The van der Waals surface area contributed by atoms with Crippen LogP contribution in [0.3, 0.4) is 0 Å². The highest BCUT2D eigenvalue weighted by molar-refractivity contribution is 6.11. The molecule has 1 spiro atoms. The molecule has 2 aliphatic carbocycles. The first-order chi connectivity index (χ1) is 25.2. The van der Waals surface area contributed by atoms with Crippen molar-refractivity contribution in [1.29, 1.82) is 0 Å². The molecule has 9 rings (SSSR count). The first-order valence-electron chi connectivity index (χ1n) is 18.9. The van der Waals surface area contributed by atoms with Gasteiger partial charge in [0.05, 0.1) is 21.3 Å². The lowest BCUT2D eigenvalue weighted by atomic mass is 9.52. The number of methoxy groups -OCH3 is 3. The normalized spacial score (nSPS) is 20.1. The van der Waals surface area contributed by atoms with Crippen molar-refractivity contribution in [3.63, 3.8) is 0 Å². The summed E-state index contributed by atoms with van der Waals surface area (Å²) in [6, 6.07) is 27.9. The monoisotopic (exact) mass is 706 g/mol. The van der Waals surface area contributed by atoms with Crippen LogP contribution in [0, 0.1) is 10.8 Å². The molecule has 1 saturated carbocycles. The molecule has 5 aromatic rings. The minimum Gasteiger partial charge on any atom is -0.497 e. The van der Waals surface area contributed by atoms with Gasteiger partial charge in [-0.2, -0.15) is 0 Å². The lowest BCUT2D eigenvalue weighted by Gasteiger charge is -2.52. The maximum absolute atomic E-state index is 7.76. The van der Waals surface area contributed by atoms with Crippen LogP contribution < -0.4 is 23.7 Å². The van der Waals surface area contributed by atoms with E-state index in [0.29, 0.717) is 0 Å². The number of benzene rings is 5. The van der Waals surface area contributed by atoms with Crippen molar-refractivity contribution in [2.75, 3.05) is 21.3 Å². The summed E-state index contributed by atoms with van der Waals surface area (Å²) in [7, 11) is 5.14. The minimum atomic E-state index is -0.932. The van der Waals surface area contributed by atoms with Crippen LogP contribution in [0.4, 0.5) is 0 Å². The molecule has 0 N–H and O–H groups in total. The van der Waals surface area contributed by atoms with Gasteiger partial charge in [0, 0.05) is 44.9 Å². The van der Waals surface area contributed by atoms with Crippen LogP contribution in [-0.4, -0.2) is 26.9 Å². The molecular weight excluding hydrogens is 657 g/mol. The van der Waals surface area contributed by atoms with E-state index in [-0.39, 0.29) is 21.8 Å². The fourth-order valence-corrected chi connectivity index (χ4v) is 11.2. The SMILES string of the molecule is COc1ccc(C2(c3ccc(OC)cc3)C=Cc3c4c(c5c6c(c(OC)cc5c3O2)OC(C)(C)C6)-c2ccccc2C42CC(C)(C)CC(C)(C)C2)cc1. The zero-order valence-electron chi connectivity index (χ0n) is 32.5. The van der Waals surface area contributed by atoms with Crippen LogP contribution in [0.15, 0.2) is 84.9 Å². The molecule has 0 radical (unpaired) electrons. The summed E-state index contributed by atoms with van der Waals surface area (Å²) in [6.45, 7) is 14.2. The van der Waals surface area contributed by atoms with Crippen LogP contribution >= 0.6 is 0 Å². The standard InChI is InChI=1S/C48H50O5/c1-44(2)26-45(3,4)28-47(27-44)37-13-11-10-12-33(37)40-39-35(24-38(51-9)43-36(39)25-46(5,6)52-43)42-34(41(40)47)22-23-48(53-42,29-14-18-31(49-7)19-15-29)30-16-20-32(50-8)21-17-30/h10-24H,25-28H2,1-9H3. The lowest BCUT2D eigenvalue weighted by molar-refractivity contribution is 0.0642. The second-order valence-electron chi connectivity index (χ2n) is 18.0. The van der Waals surface area contributed by atoms with Crippen molar-refractivity contribution in [2.24, 2.45) is 10.8 Å². The molecule has 272 valence electrons. The van der Waals surface area contributed by atoms with Gasteiger partial charge in [0.2, 0.25) is 0 Å². The summed E-state index contributed by atoms with van der Waals surface area (Å²) in [6.07, 6.45) is 8.70. The molecule has 0 atom stereocenters. The van der Waals surface area contributed by atoms with Gasteiger partial charge in [-0.25, -0.2) is 0 Å². The van der Waals surface area contributed by atoms with Gasteiger partial charge in [-0.1, -0.05) is 82.3 Å². The Kier molecular flexibility index (Phi) is 7.23. The van der Waals surface area contributed by atoms with E-state index in [0.717, 1.165) is 70.1 Å².